The summed E-state index contributed by atoms with van der Waals surface area (Å²) in [4.78, 5) is 7.15. The molecule has 0 amide bonds. The zero-order chi connectivity index (χ0) is 14.9. The predicted molar refractivity (Wildman–Crippen MR) is 85.8 cm³/mol. The fraction of sp³-hybridized carbons (Fsp3) is 0.938. The number of nitrogens with zero attached hydrogens (tertiary/aromatic N) is 2. The van der Waals surface area contributed by atoms with Crippen molar-refractivity contribution in [2.24, 2.45) is 4.99 Å². The van der Waals surface area contributed by atoms with Gasteiger partial charge in [0.1, 0.15) is 0 Å². The zero-order valence-electron chi connectivity index (χ0n) is 13.6. The minimum atomic E-state index is 0.431. The van der Waals surface area contributed by atoms with Crippen LogP contribution in [0.2, 0.25) is 0 Å². The first-order valence-corrected chi connectivity index (χ1v) is 8.60. The quantitative estimate of drug-likeness (QED) is 0.602. The number of hydrogen-bond donors (Lipinski definition) is 1. The number of guanidine groups is 1. The van der Waals surface area contributed by atoms with Crippen molar-refractivity contribution in [1.82, 2.24) is 10.2 Å². The largest absolute Gasteiger partial charge is 0.378 e. The molecule has 2 rings (SSSR count). The maximum Gasteiger partial charge on any atom is 0.193 e. The van der Waals surface area contributed by atoms with Crippen molar-refractivity contribution in [3.63, 3.8) is 0 Å². The van der Waals surface area contributed by atoms with Gasteiger partial charge in [-0.3, -0.25) is 4.99 Å². The molecular weight excluding hydrogens is 266 g/mol. The minimum Gasteiger partial charge on any atom is -0.378 e. The normalized spacial score (nSPS) is 24.6. The Morgan fingerprint density at radius 2 is 2.10 bits per heavy atom. The van der Waals surface area contributed by atoms with Crippen LogP contribution in [0.1, 0.15) is 46.0 Å². The van der Waals surface area contributed by atoms with Gasteiger partial charge < -0.3 is 19.7 Å². The van der Waals surface area contributed by atoms with Gasteiger partial charge in [-0.05, 0) is 46.0 Å². The molecule has 1 unspecified atom stereocenters. The van der Waals surface area contributed by atoms with E-state index in [-0.39, 0.29) is 0 Å². The van der Waals surface area contributed by atoms with E-state index in [4.69, 9.17) is 14.5 Å². The van der Waals surface area contributed by atoms with Gasteiger partial charge >= 0.3 is 0 Å². The molecule has 2 fully saturated rings. The Balaban J connectivity index is 1.77. The summed E-state index contributed by atoms with van der Waals surface area (Å²) >= 11 is 0. The standard InChI is InChI=1S/C16H31N3O2/c1-3-17-16(18-10-7-14-6-5-13-21-14)19-11-8-15(9-12-19)20-4-2/h14-15H,3-13H2,1-2H3,(H,17,18). The molecule has 2 aliphatic rings. The van der Waals surface area contributed by atoms with E-state index < -0.39 is 0 Å². The summed E-state index contributed by atoms with van der Waals surface area (Å²) in [6.07, 6.45) is 6.52. The van der Waals surface area contributed by atoms with Crippen molar-refractivity contribution in [2.45, 2.75) is 58.2 Å². The molecule has 1 atom stereocenters. The monoisotopic (exact) mass is 297 g/mol. The SMILES string of the molecule is CCNC(=NCCC1CCCO1)N1CCC(OCC)CC1. The second kappa shape index (κ2) is 9.26. The number of nitrogens with one attached hydrogen (secondary N) is 1. The molecule has 2 saturated heterocycles. The van der Waals surface area contributed by atoms with Crippen molar-refractivity contribution >= 4 is 5.96 Å². The second-order valence-corrected chi connectivity index (χ2v) is 5.80. The molecule has 122 valence electrons. The van der Waals surface area contributed by atoms with E-state index >= 15 is 0 Å². The third-order valence-corrected chi connectivity index (χ3v) is 4.22. The van der Waals surface area contributed by atoms with E-state index in [1.807, 2.05) is 0 Å². The zero-order valence-corrected chi connectivity index (χ0v) is 13.6. The summed E-state index contributed by atoms with van der Waals surface area (Å²) in [6.45, 7) is 9.81. The van der Waals surface area contributed by atoms with Gasteiger partial charge in [-0.25, -0.2) is 0 Å². The highest BCUT2D eigenvalue weighted by molar-refractivity contribution is 5.80. The molecule has 2 aliphatic heterocycles. The lowest BCUT2D eigenvalue weighted by molar-refractivity contribution is 0.0263. The summed E-state index contributed by atoms with van der Waals surface area (Å²) in [5.74, 6) is 1.06. The van der Waals surface area contributed by atoms with Gasteiger partial charge in [-0.1, -0.05) is 0 Å². The first-order chi connectivity index (χ1) is 10.3. The fourth-order valence-corrected chi connectivity index (χ4v) is 3.08. The predicted octanol–water partition coefficient (Wildman–Crippen LogP) is 2.02. The molecular formula is C16H31N3O2. The van der Waals surface area contributed by atoms with Gasteiger partial charge in [-0.15, -0.1) is 0 Å². The number of piperidine rings is 1. The maximum atomic E-state index is 5.72. The van der Waals surface area contributed by atoms with E-state index in [9.17, 15) is 0 Å². The Bertz CT molecular complexity index is 309. The number of rotatable bonds is 6. The van der Waals surface area contributed by atoms with Gasteiger partial charge in [0.15, 0.2) is 5.96 Å². The lowest BCUT2D eigenvalue weighted by atomic mass is 10.1. The van der Waals surface area contributed by atoms with Crippen LogP contribution in [0.25, 0.3) is 0 Å². The topological polar surface area (TPSA) is 46.1 Å². The Labute approximate surface area is 129 Å². The van der Waals surface area contributed by atoms with E-state index in [1.54, 1.807) is 0 Å². The van der Waals surface area contributed by atoms with Crippen molar-refractivity contribution in [2.75, 3.05) is 39.4 Å². The first-order valence-electron chi connectivity index (χ1n) is 8.60. The van der Waals surface area contributed by atoms with E-state index in [2.05, 4.69) is 24.1 Å². The van der Waals surface area contributed by atoms with E-state index in [0.29, 0.717) is 12.2 Å². The highest BCUT2D eigenvalue weighted by Gasteiger charge is 2.21. The van der Waals surface area contributed by atoms with E-state index in [1.165, 1.54) is 12.8 Å². The Morgan fingerprint density at radius 1 is 1.29 bits per heavy atom. The molecule has 0 aromatic heterocycles. The highest BCUT2D eigenvalue weighted by atomic mass is 16.5. The van der Waals surface area contributed by atoms with Crippen molar-refractivity contribution in [1.29, 1.82) is 0 Å². The van der Waals surface area contributed by atoms with Gasteiger partial charge in [0.25, 0.3) is 0 Å². The van der Waals surface area contributed by atoms with Crippen LogP contribution < -0.4 is 5.32 Å². The Kier molecular flexibility index (Phi) is 7.30. The third-order valence-electron chi connectivity index (χ3n) is 4.22. The van der Waals surface area contributed by atoms with Gasteiger partial charge in [-0.2, -0.15) is 0 Å². The molecule has 0 radical (unpaired) electrons. The first kappa shape index (κ1) is 16.6. The number of aliphatic imine (C=N–C) groups is 1. The minimum absolute atomic E-state index is 0.431. The second-order valence-electron chi connectivity index (χ2n) is 5.80. The molecule has 1 N–H and O–H groups in total. The van der Waals surface area contributed by atoms with Crippen molar-refractivity contribution in [3.05, 3.63) is 0 Å². The number of hydrogen-bond acceptors (Lipinski definition) is 3. The number of likely N-dealkylation sites (tertiary alicyclic amines) is 1. The van der Waals surface area contributed by atoms with Crippen molar-refractivity contribution in [3.8, 4) is 0 Å². The Hall–Kier alpha value is -0.810. The van der Waals surface area contributed by atoms with E-state index in [0.717, 1.165) is 64.6 Å². The smallest absolute Gasteiger partial charge is 0.193 e. The third kappa shape index (κ3) is 5.47. The molecule has 0 aromatic carbocycles. The maximum absolute atomic E-state index is 5.72. The lowest BCUT2D eigenvalue weighted by Gasteiger charge is -2.34. The van der Waals surface area contributed by atoms with Crippen LogP contribution in [0.15, 0.2) is 4.99 Å². The molecule has 5 nitrogen and oxygen atoms in total. The fourth-order valence-electron chi connectivity index (χ4n) is 3.08. The van der Waals surface area contributed by atoms with Gasteiger partial charge in [0.05, 0.1) is 12.2 Å². The molecule has 0 aliphatic carbocycles. The lowest BCUT2D eigenvalue weighted by Crippen LogP contribution is -2.47. The molecule has 5 heteroatoms. The molecule has 2 heterocycles. The molecule has 0 saturated carbocycles. The Morgan fingerprint density at radius 3 is 2.71 bits per heavy atom. The van der Waals surface area contributed by atoms with Crippen LogP contribution in [0.3, 0.4) is 0 Å². The molecule has 0 spiro atoms. The van der Waals surface area contributed by atoms with Crippen LogP contribution in [-0.2, 0) is 9.47 Å². The van der Waals surface area contributed by atoms with Crippen LogP contribution in [0.4, 0.5) is 0 Å². The summed E-state index contributed by atoms with van der Waals surface area (Å²) in [6, 6.07) is 0. The molecule has 21 heavy (non-hydrogen) atoms. The van der Waals surface area contributed by atoms with Crippen LogP contribution in [-0.4, -0.2) is 62.5 Å². The highest BCUT2D eigenvalue weighted by Crippen LogP contribution is 2.16. The molecule has 0 aromatic rings. The van der Waals surface area contributed by atoms with Crippen molar-refractivity contribution < 1.29 is 9.47 Å². The molecule has 0 bridgehead atoms. The van der Waals surface area contributed by atoms with Gasteiger partial charge in [0, 0.05) is 39.4 Å². The summed E-state index contributed by atoms with van der Waals surface area (Å²) in [5, 5.41) is 3.42. The van der Waals surface area contributed by atoms with Crippen LogP contribution in [0, 0.1) is 0 Å². The summed E-state index contributed by atoms with van der Waals surface area (Å²) < 4.78 is 11.4. The summed E-state index contributed by atoms with van der Waals surface area (Å²) in [7, 11) is 0. The number of ether oxygens (including phenoxy) is 2. The average molecular weight is 297 g/mol. The average Bonchev–Trinajstić information content (AvgIpc) is 3.01. The van der Waals surface area contributed by atoms with Gasteiger partial charge in [0.2, 0.25) is 0 Å². The van der Waals surface area contributed by atoms with Crippen LogP contribution in [0.5, 0.6) is 0 Å². The summed E-state index contributed by atoms with van der Waals surface area (Å²) in [5.41, 5.74) is 0. The van der Waals surface area contributed by atoms with Crippen LogP contribution >= 0.6 is 0 Å².